The SMILES string of the molecule is N=C(N)c1ccc(OCCCCOc2ccc(N)cc2Cl)cc1. The van der Waals surface area contributed by atoms with E-state index in [1.54, 1.807) is 42.5 Å². The minimum atomic E-state index is 0.0510. The van der Waals surface area contributed by atoms with Gasteiger partial charge in [0.15, 0.2) is 0 Å². The van der Waals surface area contributed by atoms with Crippen LogP contribution in [0.3, 0.4) is 0 Å². The van der Waals surface area contributed by atoms with Crippen molar-refractivity contribution in [3.63, 3.8) is 0 Å². The Hall–Kier alpha value is -2.40. The van der Waals surface area contributed by atoms with E-state index in [4.69, 9.17) is 38.0 Å². The quantitative estimate of drug-likeness (QED) is 0.298. The summed E-state index contributed by atoms with van der Waals surface area (Å²) in [5.74, 6) is 1.45. The van der Waals surface area contributed by atoms with E-state index in [0.717, 1.165) is 18.6 Å². The number of hydrogen-bond donors (Lipinski definition) is 3. The summed E-state index contributed by atoms with van der Waals surface area (Å²) in [5, 5.41) is 7.84. The van der Waals surface area contributed by atoms with Crippen LogP contribution in [-0.2, 0) is 0 Å². The summed E-state index contributed by atoms with van der Waals surface area (Å²) in [7, 11) is 0. The first kappa shape index (κ1) is 17.0. The Kier molecular flexibility index (Phi) is 6.11. The summed E-state index contributed by atoms with van der Waals surface area (Å²) >= 11 is 6.03. The minimum Gasteiger partial charge on any atom is -0.494 e. The van der Waals surface area contributed by atoms with Crippen molar-refractivity contribution in [2.24, 2.45) is 5.73 Å². The molecule has 0 saturated carbocycles. The molecule has 0 bridgehead atoms. The van der Waals surface area contributed by atoms with E-state index in [1.807, 2.05) is 0 Å². The third kappa shape index (κ3) is 5.38. The van der Waals surface area contributed by atoms with Gasteiger partial charge in [-0.05, 0) is 55.3 Å². The second kappa shape index (κ2) is 8.29. The van der Waals surface area contributed by atoms with E-state index < -0.39 is 0 Å². The maximum atomic E-state index is 7.32. The highest BCUT2D eigenvalue weighted by Crippen LogP contribution is 2.26. The number of ether oxygens (including phenoxy) is 2. The monoisotopic (exact) mass is 333 g/mol. The molecule has 2 rings (SSSR count). The lowest BCUT2D eigenvalue weighted by molar-refractivity contribution is 0.266. The lowest BCUT2D eigenvalue weighted by atomic mass is 10.2. The lowest BCUT2D eigenvalue weighted by Gasteiger charge is -2.09. The van der Waals surface area contributed by atoms with Crippen LogP contribution in [0.2, 0.25) is 5.02 Å². The Balaban J connectivity index is 1.65. The number of amidine groups is 1. The van der Waals surface area contributed by atoms with Gasteiger partial charge >= 0.3 is 0 Å². The van der Waals surface area contributed by atoms with Crippen molar-refractivity contribution in [3.8, 4) is 11.5 Å². The first-order chi connectivity index (χ1) is 11.1. The number of nitrogens with one attached hydrogen (secondary N) is 1. The van der Waals surface area contributed by atoms with Gasteiger partial charge in [0.2, 0.25) is 0 Å². The van der Waals surface area contributed by atoms with Crippen LogP contribution in [0.25, 0.3) is 0 Å². The molecule has 2 aromatic carbocycles. The second-order valence-corrected chi connectivity index (χ2v) is 5.44. The van der Waals surface area contributed by atoms with Crippen LogP contribution in [0.15, 0.2) is 42.5 Å². The number of nitrogen functional groups attached to an aromatic ring is 2. The zero-order valence-corrected chi connectivity index (χ0v) is 13.5. The third-order valence-electron chi connectivity index (χ3n) is 3.19. The van der Waals surface area contributed by atoms with Gasteiger partial charge in [-0.25, -0.2) is 0 Å². The molecule has 5 N–H and O–H groups in total. The highest BCUT2D eigenvalue weighted by atomic mass is 35.5. The summed E-state index contributed by atoms with van der Waals surface area (Å²) in [4.78, 5) is 0. The van der Waals surface area contributed by atoms with E-state index in [0.29, 0.717) is 35.2 Å². The van der Waals surface area contributed by atoms with Gasteiger partial charge in [0.25, 0.3) is 0 Å². The van der Waals surface area contributed by atoms with Crippen molar-refractivity contribution in [1.29, 1.82) is 5.41 Å². The van der Waals surface area contributed by atoms with Gasteiger partial charge in [-0.15, -0.1) is 0 Å². The van der Waals surface area contributed by atoms with Crippen molar-refractivity contribution in [3.05, 3.63) is 53.1 Å². The van der Waals surface area contributed by atoms with Gasteiger partial charge in [-0.3, -0.25) is 5.41 Å². The van der Waals surface area contributed by atoms with Crippen LogP contribution in [0, 0.1) is 5.41 Å². The second-order valence-electron chi connectivity index (χ2n) is 5.03. The molecule has 0 amide bonds. The summed E-state index contributed by atoms with van der Waals surface area (Å²) < 4.78 is 11.2. The Morgan fingerprint density at radius 2 is 1.65 bits per heavy atom. The van der Waals surface area contributed by atoms with Crippen molar-refractivity contribution in [2.45, 2.75) is 12.8 Å². The normalized spacial score (nSPS) is 10.3. The van der Waals surface area contributed by atoms with Crippen LogP contribution in [0.1, 0.15) is 18.4 Å². The van der Waals surface area contributed by atoms with E-state index >= 15 is 0 Å². The highest BCUT2D eigenvalue weighted by molar-refractivity contribution is 6.32. The molecular weight excluding hydrogens is 314 g/mol. The van der Waals surface area contributed by atoms with Crippen LogP contribution in [-0.4, -0.2) is 19.0 Å². The fraction of sp³-hybridized carbons (Fsp3) is 0.235. The smallest absolute Gasteiger partial charge is 0.138 e. The van der Waals surface area contributed by atoms with Crippen LogP contribution < -0.4 is 20.9 Å². The number of anilines is 1. The molecule has 0 aromatic heterocycles. The molecule has 122 valence electrons. The minimum absolute atomic E-state index is 0.0510. The zero-order valence-electron chi connectivity index (χ0n) is 12.7. The Morgan fingerprint density at radius 3 is 2.26 bits per heavy atom. The number of benzene rings is 2. The predicted molar refractivity (Wildman–Crippen MR) is 93.5 cm³/mol. The molecule has 6 heteroatoms. The van der Waals surface area contributed by atoms with Gasteiger partial charge in [0.1, 0.15) is 17.3 Å². The predicted octanol–water partition coefficient (Wildman–Crippen LogP) is 3.44. The van der Waals surface area contributed by atoms with E-state index in [-0.39, 0.29) is 5.84 Å². The summed E-state index contributed by atoms with van der Waals surface area (Å²) in [5.41, 5.74) is 12.3. The van der Waals surface area contributed by atoms with Crippen molar-refractivity contribution >= 4 is 23.1 Å². The fourth-order valence-electron chi connectivity index (χ4n) is 1.94. The molecule has 0 fully saturated rings. The molecule has 0 heterocycles. The maximum absolute atomic E-state index is 7.32. The molecule has 5 nitrogen and oxygen atoms in total. The van der Waals surface area contributed by atoms with E-state index in [9.17, 15) is 0 Å². The van der Waals surface area contributed by atoms with Crippen molar-refractivity contribution in [1.82, 2.24) is 0 Å². The van der Waals surface area contributed by atoms with Crippen LogP contribution in [0.4, 0.5) is 5.69 Å². The zero-order chi connectivity index (χ0) is 16.7. The first-order valence-corrected chi connectivity index (χ1v) is 7.69. The van der Waals surface area contributed by atoms with Gasteiger partial charge < -0.3 is 20.9 Å². The average molecular weight is 334 g/mol. The molecule has 23 heavy (non-hydrogen) atoms. The summed E-state index contributed by atoms with van der Waals surface area (Å²) in [6.45, 7) is 1.16. The molecule has 0 spiro atoms. The van der Waals surface area contributed by atoms with Crippen LogP contribution >= 0.6 is 11.6 Å². The average Bonchev–Trinajstić information content (AvgIpc) is 2.53. The van der Waals surface area contributed by atoms with Gasteiger partial charge in [-0.2, -0.15) is 0 Å². The van der Waals surface area contributed by atoms with E-state index in [1.165, 1.54) is 0 Å². The molecule has 0 aliphatic heterocycles. The Morgan fingerprint density at radius 1 is 1.00 bits per heavy atom. The Labute approximate surface area is 140 Å². The van der Waals surface area contributed by atoms with Gasteiger partial charge in [0, 0.05) is 11.3 Å². The fourth-order valence-corrected chi connectivity index (χ4v) is 2.18. The van der Waals surface area contributed by atoms with E-state index in [2.05, 4.69) is 0 Å². The molecular formula is C17H20ClN3O2. The first-order valence-electron chi connectivity index (χ1n) is 7.31. The molecule has 0 unspecified atom stereocenters. The topological polar surface area (TPSA) is 94.4 Å². The Bertz CT molecular complexity index is 659. The third-order valence-corrected chi connectivity index (χ3v) is 3.48. The van der Waals surface area contributed by atoms with Gasteiger partial charge in [0.05, 0.1) is 18.2 Å². The van der Waals surface area contributed by atoms with Crippen molar-refractivity contribution < 1.29 is 9.47 Å². The largest absolute Gasteiger partial charge is 0.494 e. The summed E-state index contributed by atoms with van der Waals surface area (Å²) in [6.07, 6.45) is 1.72. The number of nitrogens with two attached hydrogens (primary N) is 2. The van der Waals surface area contributed by atoms with Crippen LogP contribution in [0.5, 0.6) is 11.5 Å². The van der Waals surface area contributed by atoms with Crippen molar-refractivity contribution in [2.75, 3.05) is 18.9 Å². The number of halogens is 1. The summed E-state index contributed by atoms with van der Waals surface area (Å²) in [6, 6.07) is 12.3. The standard InChI is InChI=1S/C17H20ClN3O2/c18-15-11-13(19)5-8-16(15)23-10-2-1-9-22-14-6-3-12(4-7-14)17(20)21/h3-8,11H,1-2,9-10,19H2,(H3,20,21). The highest BCUT2D eigenvalue weighted by Gasteiger charge is 2.02. The van der Waals surface area contributed by atoms with Gasteiger partial charge in [-0.1, -0.05) is 11.6 Å². The molecule has 0 saturated heterocycles. The number of rotatable bonds is 8. The molecule has 0 aliphatic carbocycles. The lowest BCUT2D eigenvalue weighted by Crippen LogP contribution is -2.10. The molecule has 0 radical (unpaired) electrons. The number of hydrogen-bond acceptors (Lipinski definition) is 4. The molecule has 0 atom stereocenters. The maximum Gasteiger partial charge on any atom is 0.138 e. The number of unbranched alkanes of at least 4 members (excludes halogenated alkanes) is 1. The molecule has 0 aliphatic rings. The molecule has 2 aromatic rings.